The number of nitrogens with zero attached hydrogens (tertiary/aromatic N) is 3. The highest BCUT2D eigenvalue weighted by molar-refractivity contribution is 5.84. The molecule has 7 nitrogen and oxygen atoms in total. The van der Waals surface area contributed by atoms with Crippen molar-refractivity contribution < 1.29 is 9.21 Å². The van der Waals surface area contributed by atoms with E-state index in [4.69, 9.17) is 4.42 Å². The summed E-state index contributed by atoms with van der Waals surface area (Å²) in [7, 11) is 3.40. The highest BCUT2D eigenvalue weighted by Crippen LogP contribution is 2.07. The van der Waals surface area contributed by atoms with E-state index in [-0.39, 0.29) is 12.5 Å². The van der Waals surface area contributed by atoms with E-state index in [1.807, 2.05) is 20.8 Å². The molecule has 0 aliphatic rings. The number of nitrogens with one attached hydrogen (secondary N) is 2. The van der Waals surface area contributed by atoms with Gasteiger partial charge in [-0.2, -0.15) is 0 Å². The maximum atomic E-state index is 11.6. The van der Waals surface area contributed by atoms with Crippen LogP contribution in [0.1, 0.15) is 24.3 Å². The van der Waals surface area contributed by atoms with Crippen LogP contribution >= 0.6 is 0 Å². The molecule has 0 saturated heterocycles. The van der Waals surface area contributed by atoms with Gasteiger partial charge in [-0.25, -0.2) is 9.98 Å². The van der Waals surface area contributed by atoms with Gasteiger partial charge in [0.15, 0.2) is 5.96 Å². The Morgan fingerprint density at radius 1 is 1.36 bits per heavy atom. The topological polar surface area (TPSA) is 82.8 Å². The molecule has 1 heterocycles. The molecule has 0 radical (unpaired) electrons. The number of carbonyl (C=O) groups is 1. The van der Waals surface area contributed by atoms with E-state index in [1.54, 1.807) is 14.1 Å². The minimum atomic E-state index is -0.0702. The van der Waals surface area contributed by atoms with E-state index >= 15 is 0 Å². The molecule has 122 valence electrons. The van der Waals surface area contributed by atoms with Crippen molar-refractivity contribution in [2.75, 3.05) is 27.2 Å². The van der Waals surface area contributed by atoms with Crippen molar-refractivity contribution in [3.8, 4) is 0 Å². The van der Waals surface area contributed by atoms with Crippen LogP contribution in [0.4, 0.5) is 0 Å². The van der Waals surface area contributed by atoms with Gasteiger partial charge in [-0.15, -0.1) is 0 Å². The summed E-state index contributed by atoms with van der Waals surface area (Å²) in [6.45, 7) is 10.6. The molecule has 0 aliphatic heterocycles. The van der Waals surface area contributed by atoms with Gasteiger partial charge in [-0.1, -0.05) is 12.2 Å². The van der Waals surface area contributed by atoms with Crippen LogP contribution in [0.5, 0.6) is 0 Å². The summed E-state index contributed by atoms with van der Waals surface area (Å²) in [6, 6.07) is 0. The molecule has 1 aromatic rings. The minimum Gasteiger partial charge on any atom is -0.444 e. The van der Waals surface area contributed by atoms with Gasteiger partial charge in [-0.3, -0.25) is 4.79 Å². The Kier molecular flexibility index (Phi) is 6.62. The summed E-state index contributed by atoms with van der Waals surface area (Å²) >= 11 is 0. The average Bonchev–Trinajstić information content (AvgIpc) is 2.76. The fourth-order valence-electron chi connectivity index (χ4n) is 1.47. The molecule has 0 atom stereocenters. The molecular weight excluding hydrogens is 282 g/mol. The first kappa shape index (κ1) is 17.7. The lowest BCUT2D eigenvalue weighted by molar-refractivity contribution is -0.127. The molecule has 1 aromatic heterocycles. The number of aromatic nitrogens is 1. The number of rotatable bonds is 6. The Balaban J connectivity index is 2.66. The summed E-state index contributed by atoms with van der Waals surface area (Å²) in [5.41, 5.74) is 1.84. The molecular formula is C15H25N5O2. The highest BCUT2D eigenvalue weighted by atomic mass is 16.4. The van der Waals surface area contributed by atoms with Crippen LogP contribution < -0.4 is 10.6 Å². The Bertz CT molecular complexity index is 541. The smallest absolute Gasteiger partial charge is 0.243 e. The van der Waals surface area contributed by atoms with Crippen molar-refractivity contribution in [2.24, 2.45) is 4.99 Å². The largest absolute Gasteiger partial charge is 0.444 e. The molecule has 0 aromatic carbocycles. The summed E-state index contributed by atoms with van der Waals surface area (Å²) in [5.74, 6) is 1.83. The first-order valence-electron chi connectivity index (χ1n) is 7.09. The predicted molar refractivity (Wildman–Crippen MR) is 86.6 cm³/mol. The number of oxazole rings is 1. The van der Waals surface area contributed by atoms with Crippen LogP contribution in [0, 0.1) is 13.8 Å². The molecule has 0 aliphatic carbocycles. The van der Waals surface area contributed by atoms with Crippen LogP contribution in [-0.4, -0.2) is 48.9 Å². The van der Waals surface area contributed by atoms with Gasteiger partial charge < -0.3 is 20.0 Å². The van der Waals surface area contributed by atoms with Gasteiger partial charge in [0.1, 0.15) is 12.3 Å². The monoisotopic (exact) mass is 307 g/mol. The lowest BCUT2D eigenvalue weighted by Crippen LogP contribution is -2.39. The Morgan fingerprint density at radius 2 is 2.05 bits per heavy atom. The zero-order valence-corrected chi connectivity index (χ0v) is 14.0. The first-order valence-corrected chi connectivity index (χ1v) is 7.09. The summed E-state index contributed by atoms with van der Waals surface area (Å²) < 4.78 is 5.50. The van der Waals surface area contributed by atoms with Crippen molar-refractivity contribution >= 4 is 11.9 Å². The summed E-state index contributed by atoms with van der Waals surface area (Å²) in [6.07, 6.45) is 0. The summed E-state index contributed by atoms with van der Waals surface area (Å²) in [4.78, 5) is 21.7. The Morgan fingerprint density at radius 3 is 2.55 bits per heavy atom. The third-order valence-electron chi connectivity index (χ3n) is 2.91. The minimum absolute atomic E-state index is 0.0702. The van der Waals surface area contributed by atoms with Crippen LogP contribution in [-0.2, 0) is 11.3 Å². The molecule has 22 heavy (non-hydrogen) atoms. The van der Waals surface area contributed by atoms with Crippen molar-refractivity contribution in [3.63, 3.8) is 0 Å². The number of amides is 1. The van der Waals surface area contributed by atoms with Gasteiger partial charge >= 0.3 is 0 Å². The maximum absolute atomic E-state index is 11.6. The Hall–Kier alpha value is -2.31. The Labute approximate surface area is 131 Å². The van der Waals surface area contributed by atoms with Crippen LogP contribution in [0.25, 0.3) is 0 Å². The van der Waals surface area contributed by atoms with Crippen LogP contribution in [0.2, 0.25) is 0 Å². The molecule has 7 heteroatoms. The molecule has 0 saturated carbocycles. The van der Waals surface area contributed by atoms with Gasteiger partial charge in [-0.05, 0) is 20.8 Å². The molecule has 2 N–H and O–H groups in total. The van der Waals surface area contributed by atoms with Crippen molar-refractivity contribution in [1.29, 1.82) is 0 Å². The fraction of sp³-hybridized carbons (Fsp3) is 0.533. The van der Waals surface area contributed by atoms with Gasteiger partial charge in [0, 0.05) is 20.6 Å². The molecule has 0 unspecified atom stereocenters. The molecule has 1 amide bonds. The number of likely N-dealkylation sites (N-methyl/N-ethyl adjacent to an activating group) is 1. The van der Waals surface area contributed by atoms with E-state index in [9.17, 15) is 4.79 Å². The molecule has 1 rings (SSSR count). The number of guanidine groups is 1. The maximum Gasteiger partial charge on any atom is 0.243 e. The number of hydrogen-bond donors (Lipinski definition) is 2. The first-order chi connectivity index (χ1) is 10.3. The molecule has 0 bridgehead atoms. The van der Waals surface area contributed by atoms with E-state index in [1.165, 1.54) is 4.90 Å². The third kappa shape index (κ3) is 5.99. The number of carbonyl (C=O) groups excluding carboxylic acids is 1. The third-order valence-corrected chi connectivity index (χ3v) is 2.91. The van der Waals surface area contributed by atoms with Crippen molar-refractivity contribution in [1.82, 2.24) is 20.5 Å². The number of hydrogen-bond acceptors (Lipinski definition) is 4. The quantitative estimate of drug-likeness (QED) is 0.465. The average molecular weight is 307 g/mol. The van der Waals surface area contributed by atoms with E-state index < -0.39 is 0 Å². The predicted octanol–water partition coefficient (Wildman–Crippen LogP) is 0.991. The molecule has 0 fully saturated rings. The lowest BCUT2D eigenvalue weighted by atomic mass is 10.3. The normalized spacial score (nSPS) is 11.2. The second-order valence-corrected chi connectivity index (χ2v) is 5.37. The zero-order valence-electron chi connectivity index (χ0n) is 14.0. The second kappa shape index (κ2) is 8.21. The van der Waals surface area contributed by atoms with Crippen LogP contribution in [0.3, 0.4) is 0 Å². The second-order valence-electron chi connectivity index (χ2n) is 5.37. The fourth-order valence-corrected chi connectivity index (χ4v) is 1.47. The van der Waals surface area contributed by atoms with Crippen molar-refractivity contribution in [3.05, 3.63) is 29.5 Å². The number of aryl methyl sites for hydroxylation is 2. The van der Waals surface area contributed by atoms with Crippen molar-refractivity contribution in [2.45, 2.75) is 27.3 Å². The SMILES string of the molecule is C=C(C)CNC(=NCC(=O)N(C)C)NCc1nc(C)c(C)o1. The molecule has 0 spiro atoms. The van der Waals surface area contributed by atoms with Gasteiger partial charge in [0.25, 0.3) is 0 Å². The van der Waals surface area contributed by atoms with Crippen LogP contribution in [0.15, 0.2) is 21.6 Å². The lowest BCUT2D eigenvalue weighted by Gasteiger charge is -2.12. The van der Waals surface area contributed by atoms with E-state index in [0.29, 0.717) is 24.9 Å². The highest BCUT2D eigenvalue weighted by Gasteiger charge is 2.08. The number of aliphatic imine (C=N–C) groups is 1. The van der Waals surface area contributed by atoms with Gasteiger partial charge in [0.2, 0.25) is 11.8 Å². The standard InChI is InChI=1S/C15H25N5O2/c1-10(2)7-16-15(18-9-14(21)20(5)6)17-8-13-19-11(3)12(4)22-13/h1,7-9H2,2-6H3,(H2,16,17,18). The van der Waals surface area contributed by atoms with E-state index in [0.717, 1.165) is 17.0 Å². The van der Waals surface area contributed by atoms with Gasteiger partial charge in [0.05, 0.1) is 12.2 Å². The van der Waals surface area contributed by atoms with E-state index in [2.05, 4.69) is 27.2 Å². The summed E-state index contributed by atoms with van der Waals surface area (Å²) in [5, 5.41) is 6.20. The zero-order chi connectivity index (χ0) is 16.7.